The lowest BCUT2D eigenvalue weighted by Crippen LogP contribution is -2.17. The maximum atomic E-state index is 12.7. The van der Waals surface area contributed by atoms with Crippen molar-refractivity contribution in [2.24, 2.45) is 0 Å². The topological polar surface area (TPSA) is 58.2 Å². The van der Waals surface area contributed by atoms with Crippen molar-refractivity contribution in [2.45, 2.75) is 19.5 Å². The van der Waals surface area contributed by atoms with Crippen molar-refractivity contribution >= 4 is 34.7 Å². The zero-order chi connectivity index (χ0) is 19.3. The van der Waals surface area contributed by atoms with E-state index in [4.69, 9.17) is 11.6 Å². The fourth-order valence-electron chi connectivity index (χ4n) is 2.18. The van der Waals surface area contributed by atoms with Gasteiger partial charge < -0.3 is 10.6 Å². The van der Waals surface area contributed by atoms with Crippen molar-refractivity contribution < 1.29 is 22.8 Å². The first-order valence-corrected chi connectivity index (χ1v) is 8.06. The molecule has 0 spiro atoms. The van der Waals surface area contributed by atoms with E-state index in [0.29, 0.717) is 11.3 Å². The Morgan fingerprint density at radius 2 is 1.85 bits per heavy atom. The molecule has 2 aromatic rings. The van der Waals surface area contributed by atoms with Crippen molar-refractivity contribution in [2.75, 3.05) is 17.2 Å². The van der Waals surface area contributed by atoms with Crippen LogP contribution in [0, 0.1) is 0 Å². The van der Waals surface area contributed by atoms with Gasteiger partial charge in [-0.15, -0.1) is 0 Å². The first kappa shape index (κ1) is 19.8. The molecule has 0 saturated heterocycles. The third-order valence-electron chi connectivity index (χ3n) is 3.52. The molecule has 2 rings (SSSR count). The number of hydrogen-bond acceptors (Lipinski definition) is 3. The van der Waals surface area contributed by atoms with E-state index < -0.39 is 17.6 Å². The second-order valence-electron chi connectivity index (χ2n) is 5.55. The van der Waals surface area contributed by atoms with E-state index >= 15 is 0 Å². The van der Waals surface area contributed by atoms with Gasteiger partial charge in [-0.2, -0.15) is 13.2 Å². The van der Waals surface area contributed by atoms with Gasteiger partial charge in [0.05, 0.1) is 16.3 Å². The molecular formula is C18H16ClF3N2O2. The molecule has 0 aliphatic rings. The minimum Gasteiger partial charge on any atom is -0.385 e. The number of nitrogens with one attached hydrogen (secondary N) is 2. The van der Waals surface area contributed by atoms with Gasteiger partial charge in [0.1, 0.15) is 0 Å². The number of Topliss-reactive ketones (excluding diaryl/α,β-unsaturated/α-hetero) is 1. The molecule has 26 heavy (non-hydrogen) atoms. The molecule has 0 radical (unpaired) electrons. The van der Waals surface area contributed by atoms with Crippen LogP contribution in [0.5, 0.6) is 0 Å². The van der Waals surface area contributed by atoms with Crippen LogP contribution in [-0.4, -0.2) is 18.2 Å². The molecule has 2 aromatic carbocycles. The highest BCUT2D eigenvalue weighted by Gasteiger charge is 2.31. The Morgan fingerprint density at radius 3 is 2.50 bits per heavy atom. The molecule has 0 fully saturated rings. The Labute approximate surface area is 153 Å². The maximum absolute atomic E-state index is 12.7. The number of carbonyl (C=O) groups is 2. The molecule has 0 aliphatic carbocycles. The van der Waals surface area contributed by atoms with Gasteiger partial charge >= 0.3 is 6.18 Å². The number of amides is 1. The van der Waals surface area contributed by atoms with Crippen LogP contribution in [0.1, 0.15) is 29.3 Å². The lowest BCUT2D eigenvalue weighted by molar-refractivity contribution is -0.137. The first-order chi connectivity index (χ1) is 12.2. The SMILES string of the molecule is CC(=O)c1cccc(NCCC(=O)Nc2cc(C(F)(F)F)ccc2Cl)c1. The van der Waals surface area contributed by atoms with Gasteiger partial charge in [-0.3, -0.25) is 9.59 Å². The number of rotatable bonds is 6. The zero-order valence-corrected chi connectivity index (χ0v) is 14.5. The Hall–Kier alpha value is -2.54. The summed E-state index contributed by atoms with van der Waals surface area (Å²) in [6.07, 6.45) is -4.51. The predicted octanol–water partition coefficient (Wildman–Crippen LogP) is 5.00. The van der Waals surface area contributed by atoms with E-state index in [1.54, 1.807) is 24.3 Å². The van der Waals surface area contributed by atoms with Crippen LogP contribution in [0.25, 0.3) is 0 Å². The van der Waals surface area contributed by atoms with Gasteiger partial charge in [0.25, 0.3) is 0 Å². The minimum atomic E-state index is -4.52. The third kappa shape index (κ3) is 5.49. The summed E-state index contributed by atoms with van der Waals surface area (Å²) < 4.78 is 38.2. The van der Waals surface area contributed by atoms with E-state index in [0.717, 1.165) is 18.2 Å². The Kier molecular flexibility index (Phi) is 6.26. The van der Waals surface area contributed by atoms with E-state index in [1.807, 2.05) is 0 Å². The Morgan fingerprint density at radius 1 is 1.12 bits per heavy atom. The minimum absolute atomic E-state index is 0.0108. The molecule has 0 atom stereocenters. The highest BCUT2D eigenvalue weighted by molar-refractivity contribution is 6.33. The Bertz CT molecular complexity index is 822. The zero-order valence-electron chi connectivity index (χ0n) is 13.8. The average molecular weight is 385 g/mol. The van der Waals surface area contributed by atoms with E-state index in [9.17, 15) is 22.8 Å². The molecule has 0 saturated carbocycles. The van der Waals surface area contributed by atoms with E-state index in [2.05, 4.69) is 10.6 Å². The normalized spacial score (nSPS) is 11.1. The number of benzene rings is 2. The largest absolute Gasteiger partial charge is 0.416 e. The summed E-state index contributed by atoms with van der Waals surface area (Å²) in [5.74, 6) is -0.563. The summed E-state index contributed by atoms with van der Waals surface area (Å²) in [4.78, 5) is 23.3. The summed E-state index contributed by atoms with van der Waals surface area (Å²) >= 11 is 5.84. The molecule has 0 heterocycles. The molecule has 0 unspecified atom stereocenters. The lowest BCUT2D eigenvalue weighted by Gasteiger charge is -2.12. The quantitative estimate of drug-likeness (QED) is 0.689. The maximum Gasteiger partial charge on any atom is 0.416 e. The van der Waals surface area contributed by atoms with Crippen LogP contribution < -0.4 is 10.6 Å². The van der Waals surface area contributed by atoms with Gasteiger partial charge in [-0.05, 0) is 37.3 Å². The summed E-state index contributed by atoms with van der Waals surface area (Å²) in [5, 5.41) is 5.38. The molecule has 0 bridgehead atoms. The lowest BCUT2D eigenvalue weighted by atomic mass is 10.1. The van der Waals surface area contributed by atoms with Crippen LogP contribution >= 0.6 is 11.6 Å². The summed E-state index contributed by atoms with van der Waals surface area (Å²) in [6.45, 7) is 1.69. The molecule has 0 aromatic heterocycles. The highest BCUT2D eigenvalue weighted by atomic mass is 35.5. The second-order valence-corrected chi connectivity index (χ2v) is 5.96. The van der Waals surface area contributed by atoms with Crippen molar-refractivity contribution in [3.63, 3.8) is 0 Å². The van der Waals surface area contributed by atoms with Crippen molar-refractivity contribution in [1.29, 1.82) is 0 Å². The summed E-state index contributed by atoms with van der Waals surface area (Å²) in [6, 6.07) is 9.52. The molecule has 0 aliphatic heterocycles. The van der Waals surface area contributed by atoms with Gasteiger partial charge in [-0.1, -0.05) is 23.7 Å². The number of ketones is 1. The summed E-state index contributed by atoms with van der Waals surface area (Å²) in [7, 11) is 0. The standard InChI is InChI=1S/C18H16ClF3N2O2/c1-11(25)12-3-2-4-14(9-12)23-8-7-17(26)24-16-10-13(18(20,21)22)5-6-15(16)19/h2-6,9-10,23H,7-8H2,1H3,(H,24,26). The smallest absolute Gasteiger partial charge is 0.385 e. The second kappa shape index (κ2) is 8.23. The fourth-order valence-corrected chi connectivity index (χ4v) is 2.34. The van der Waals surface area contributed by atoms with Crippen LogP contribution in [0.15, 0.2) is 42.5 Å². The Balaban J connectivity index is 1.93. The van der Waals surface area contributed by atoms with E-state index in [1.165, 1.54) is 6.92 Å². The first-order valence-electron chi connectivity index (χ1n) is 7.68. The number of halogens is 4. The van der Waals surface area contributed by atoms with Crippen LogP contribution in [0.4, 0.5) is 24.5 Å². The van der Waals surface area contributed by atoms with Gasteiger partial charge in [0.15, 0.2) is 5.78 Å². The predicted molar refractivity (Wildman–Crippen MR) is 94.6 cm³/mol. The molecular weight excluding hydrogens is 369 g/mol. The number of carbonyl (C=O) groups excluding carboxylic acids is 2. The average Bonchev–Trinajstić information content (AvgIpc) is 2.56. The van der Waals surface area contributed by atoms with Crippen LogP contribution in [0.3, 0.4) is 0 Å². The van der Waals surface area contributed by atoms with Crippen molar-refractivity contribution in [3.05, 3.63) is 58.6 Å². The number of alkyl halides is 3. The molecule has 1 amide bonds. The van der Waals surface area contributed by atoms with Gasteiger partial charge in [0, 0.05) is 24.2 Å². The highest BCUT2D eigenvalue weighted by Crippen LogP contribution is 2.33. The monoisotopic (exact) mass is 384 g/mol. The number of anilines is 2. The molecule has 138 valence electrons. The molecule has 4 nitrogen and oxygen atoms in total. The fraction of sp³-hybridized carbons (Fsp3) is 0.222. The van der Waals surface area contributed by atoms with Crippen molar-refractivity contribution in [3.8, 4) is 0 Å². The number of hydrogen-bond donors (Lipinski definition) is 2. The van der Waals surface area contributed by atoms with Crippen LogP contribution in [0.2, 0.25) is 5.02 Å². The van der Waals surface area contributed by atoms with E-state index in [-0.39, 0.29) is 29.5 Å². The van der Waals surface area contributed by atoms with Gasteiger partial charge in [-0.25, -0.2) is 0 Å². The summed E-state index contributed by atoms with van der Waals surface area (Å²) in [5.41, 5.74) is 0.222. The third-order valence-corrected chi connectivity index (χ3v) is 3.85. The van der Waals surface area contributed by atoms with Crippen LogP contribution in [-0.2, 0) is 11.0 Å². The van der Waals surface area contributed by atoms with Crippen molar-refractivity contribution in [1.82, 2.24) is 0 Å². The molecule has 8 heteroatoms. The van der Waals surface area contributed by atoms with Gasteiger partial charge in [0.2, 0.25) is 5.91 Å². The molecule has 2 N–H and O–H groups in total.